The maximum atomic E-state index is 13.2. The van der Waals surface area contributed by atoms with Crippen molar-refractivity contribution in [2.45, 2.75) is 0 Å². The van der Waals surface area contributed by atoms with Gasteiger partial charge in [-0.05, 0) is 46.3 Å². The Balaban J connectivity index is 2.53. The molecule has 0 aliphatic carbocycles. The van der Waals surface area contributed by atoms with Crippen LogP contribution in [0, 0.1) is 11.6 Å². The van der Waals surface area contributed by atoms with Crippen molar-refractivity contribution >= 4 is 44.9 Å². The molecule has 1 nitrogen and oxygen atoms in total. The third-order valence-corrected chi connectivity index (χ3v) is 3.63. The first-order chi connectivity index (χ1) is 8.90. The van der Waals surface area contributed by atoms with Crippen molar-refractivity contribution in [2.75, 3.05) is 0 Å². The number of ketones is 1. The molecule has 0 spiro atoms. The SMILES string of the molecule is O=C(c1cc(F)c(F)cc1Cl)c1ccc(Cl)cc1Br. The van der Waals surface area contributed by atoms with Gasteiger partial charge in [0.1, 0.15) is 0 Å². The molecule has 0 fully saturated rings. The van der Waals surface area contributed by atoms with Gasteiger partial charge in [0.15, 0.2) is 17.4 Å². The number of carbonyl (C=O) groups is 1. The average molecular weight is 366 g/mol. The van der Waals surface area contributed by atoms with Crippen molar-refractivity contribution in [1.82, 2.24) is 0 Å². The molecule has 0 saturated heterocycles. The highest BCUT2D eigenvalue weighted by atomic mass is 79.9. The van der Waals surface area contributed by atoms with Crippen LogP contribution < -0.4 is 0 Å². The lowest BCUT2D eigenvalue weighted by Crippen LogP contribution is -2.05. The quantitative estimate of drug-likeness (QED) is 0.523. The number of rotatable bonds is 2. The maximum Gasteiger partial charge on any atom is 0.195 e. The Morgan fingerprint density at radius 2 is 1.63 bits per heavy atom. The lowest BCUT2D eigenvalue weighted by atomic mass is 10.0. The van der Waals surface area contributed by atoms with Gasteiger partial charge < -0.3 is 0 Å². The molecule has 0 N–H and O–H groups in total. The third kappa shape index (κ3) is 2.96. The molecule has 0 heterocycles. The third-order valence-electron chi connectivity index (χ3n) is 2.43. The number of carbonyl (C=O) groups excluding carboxylic acids is 1. The van der Waals surface area contributed by atoms with E-state index in [0.717, 1.165) is 12.1 Å². The molecule has 0 aromatic heterocycles. The van der Waals surface area contributed by atoms with Crippen molar-refractivity contribution in [3.63, 3.8) is 0 Å². The van der Waals surface area contributed by atoms with Crippen molar-refractivity contribution in [1.29, 1.82) is 0 Å². The van der Waals surface area contributed by atoms with E-state index in [2.05, 4.69) is 15.9 Å². The molecule has 2 rings (SSSR count). The second-order valence-electron chi connectivity index (χ2n) is 3.70. The highest BCUT2D eigenvalue weighted by molar-refractivity contribution is 9.10. The van der Waals surface area contributed by atoms with Gasteiger partial charge in [0.25, 0.3) is 0 Å². The second-order valence-corrected chi connectivity index (χ2v) is 5.40. The van der Waals surface area contributed by atoms with Crippen molar-refractivity contribution in [3.05, 3.63) is 67.6 Å². The summed E-state index contributed by atoms with van der Waals surface area (Å²) in [7, 11) is 0. The largest absolute Gasteiger partial charge is 0.289 e. The summed E-state index contributed by atoms with van der Waals surface area (Å²) < 4.78 is 26.6. The lowest BCUT2D eigenvalue weighted by molar-refractivity contribution is 0.103. The van der Waals surface area contributed by atoms with Crippen LogP contribution >= 0.6 is 39.1 Å². The molecule has 6 heteroatoms. The van der Waals surface area contributed by atoms with E-state index in [1.54, 1.807) is 0 Å². The van der Waals surface area contributed by atoms with E-state index in [1.807, 2.05) is 0 Å². The highest BCUT2D eigenvalue weighted by Gasteiger charge is 2.18. The predicted molar refractivity (Wildman–Crippen MR) is 74.0 cm³/mol. The molecule has 0 bridgehead atoms. The molecule has 0 amide bonds. The minimum absolute atomic E-state index is 0.108. The van der Waals surface area contributed by atoms with Crippen LogP contribution in [0.3, 0.4) is 0 Å². The Bertz CT molecular complexity index is 674. The minimum atomic E-state index is -1.13. The summed E-state index contributed by atoms with van der Waals surface area (Å²) in [6, 6.07) is 6.08. The van der Waals surface area contributed by atoms with Crippen LogP contribution in [0.2, 0.25) is 10.0 Å². The monoisotopic (exact) mass is 364 g/mol. The molecule has 0 atom stereocenters. The average Bonchev–Trinajstić information content (AvgIpc) is 2.33. The molecule has 0 saturated carbocycles. The number of benzene rings is 2. The first-order valence-electron chi connectivity index (χ1n) is 5.04. The smallest absolute Gasteiger partial charge is 0.195 e. The highest BCUT2D eigenvalue weighted by Crippen LogP contribution is 2.27. The number of hydrogen-bond donors (Lipinski definition) is 0. The Morgan fingerprint density at radius 3 is 2.26 bits per heavy atom. The van der Waals surface area contributed by atoms with Gasteiger partial charge in [-0.15, -0.1) is 0 Å². The molecular formula is C13H5BrCl2F2O. The number of hydrogen-bond acceptors (Lipinski definition) is 1. The zero-order valence-electron chi connectivity index (χ0n) is 9.18. The summed E-state index contributed by atoms with van der Waals surface area (Å²) in [6.07, 6.45) is 0. The second kappa shape index (κ2) is 5.57. The van der Waals surface area contributed by atoms with E-state index >= 15 is 0 Å². The van der Waals surface area contributed by atoms with Crippen LogP contribution in [0.15, 0.2) is 34.8 Å². The van der Waals surface area contributed by atoms with Crippen LogP contribution in [-0.2, 0) is 0 Å². The zero-order chi connectivity index (χ0) is 14.2. The maximum absolute atomic E-state index is 13.2. The fourth-order valence-corrected chi connectivity index (χ4v) is 2.61. The number of halogens is 5. The van der Waals surface area contributed by atoms with Gasteiger partial charge in [-0.2, -0.15) is 0 Å². The molecule has 0 radical (unpaired) electrons. The molecule has 2 aromatic carbocycles. The van der Waals surface area contributed by atoms with Gasteiger partial charge in [0.05, 0.1) is 5.02 Å². The molecule has 2 aromatic rings. The summed E-state index contributed by atoms with van der Waals surface area (Å²) in [4.78, 5) is 12.2. The minimum Gasteiger partial charge on any atom is -0.289 e. The summed E-state index contributed by atoms with van der Waals surface area (Å²) >= 11 is 14.7. The molecule has 98 valence electrons. The molecule has 0 aliphatic rings. The normalized spacial score (nSPS) is 10.6. The van der Waals surface area contributed by atoms with E-state index < -0.39 is 17.4 Å². The fourth-order valence-electron chi connectivity index (χ4n) is 1.52. The van der Waals surface area contributed by atoms with E-state index in [-0.39, 0.29) is 16.1 Å². The Labute approximate surface area is 126 Å². The molecule has 0 aliphatic heterocycles. The van der Waals surface area contributed by atoms with Crippen LogP contribution in [0.1, 0.15) is 15.9 Å². The van der Waals surface area contributed by atoms with Crippen molar-refractivity contribution < 1.29 is 13.6 Å². The Morgan fingerprint density at radius 1 is 1.00 bits per heavy atom. The van der Waals surface area contributed by atoms with Crippen LogP contribution in [-0.4, -0.2) is 5.78 Å². The van der Waals surface area contributed by atoms with Crippen molar-refractivity contribution in [2.24, 2.45) is 0 Å². The van der Waals surface area contributed by atoms with Gasteiger partial charge in [0, 0.05) is 20.6 Å². The van der Waals surface area contributed by atoms with Gasteiger partial charge >= 0.3 is 0 Å². The van der Waals surface area contributed by atoms with Crippen molar-refractivity contribution in [3.8, 4) is 0 Å². The zero-order valence-corrected chi connectivity index (χ0v) is 12.3. The Kier molecular flexibility index (Phi) is 4.23. The van der Waals surface area contributed by atoms with E-state index in [1.165, 1.54) is 18.2 Å². The standard InChI is InChI=1S/C13H5BrCl2F2O/c14-9-3-6(15)1-2-7(9)13(19)8-4-11(17)12(18)5-10(8)16/h1-5H. The lowest BCUT2D eigenvalue weighted by Gasteiger charge is -2.07. The van der Waals surface area contributed by atoms with Crippen LogP contribution in [0.5, 0.6) is 0 Å². The van der Waals surface area contributed by atoms with E-state index in [0.29, 0.717) is 9.50 Å². The van der Waals surface area contributed by atoms with E-state index in [4.69, 9.17) is 23.2 Å². The molecular weight excluding hydrogens is 361 g/mol. The molecule has 19 heavy (non-hydrogen) atoms. The van der Waals surface area contributed by atoms with Gasteiger partial charge in [0.2, 0.25) is 0 Å². The first kappa shape index (κ1) is 14.4. The fraction of sp³-hybridized carbons (Fsp3) is 0. The topological polar surface area (TPSA) is 17.1 Å². The summed E-state index contributed by atoms with van der Waals surface area (Å²) in [6.45, 7) is 0. The summed E-state index contributed by atoms with van der Waals surface area (Å²) in [5.41, 5.74) is 0.154. The van der Waals surface area contributed by atoms with Crippen LogP contribution in [0.25, 0.3) is 0 Å². The summed E-state index contributed by atoms with van der Waals surface area (Å²) in [5, 5.41) is 0.297. The van der Waals surface area contributed by atoms with Gasteiger partial charge in [-0.1, -0.05) is 23.2 Å². The van der Waals surface area contributed by atoms with Gasteiger partial charge in [-0.3, -0.25) is 4.79 Å². The van der Waals surface area contributed by atoms with E-state index in [9.17, 15) is 13.6 Å². The summed E-state index contributed by atoms with van der Waals surface area (Å²) in [5.74, 6) is -2.75. The first-order valence-corrected chi connectivity index (χ1v) is 6.59. The predicted octanol–water partition coefficient (Wildman–Crippen LogP) is 5.27. The Hall–Kier alpha value is -0.970. The van der Waals surface area contributed by atoms with Crippen LogP contribution in [0.4, 0.5) is 8.78 Å². The van der Waals surface area contributed by atoms with Gasteiger partial charge in [-0.25, -0.2) is 8.78 Å². The molecule has 0 unspecified atom stereocenters.